The number of methoxy groups -OCH3 is 1. The molecule has 13 heavy (non-hydrogen) atoms. The summed E-state index contributed by atoms with van der Waals surface area (Å²) in [4.78, 5) is 0. The minimum Gasteiger partial charge on any atom is -0.496 e. The van der Waals surface area contributed by atoms with Crippen molar-refractivity contribution in [3.8, 4) is 5.75 Å². The molecule has 72 valence electrons. The van der Waals surface area contributed by atoms with Gasteiger partial charge in [-0.25, -0.2) is 0 Å². The van der Waals surface area contributed by atoms with E-state index in [0.29, 0.717) is 12.5 Å². The first-order chi connectivity index (χ1) is 6.19. The van der Waals surface area contributed by atoms with Gasteiger partial charge in [-0.3, -0.25) is 0 Å². The van der Waals surface area contributed by atoms with Crippen LogP contribution in [0.4, 0.5) is 0 Å². The Kier molecular flexibility index (Phi) is 3.75. The fraction of sp³-hybridized carbons (Fsp3) is 0.400. The second-order valence-electron chi connectivity index (χ2n) is 3.02. The second kappa shape index (κ2) is 4.63. The fourth-order valence-corrected chi connectivity index (χ4v) is 1.60. The third-order valence-corrected chi connectivity index (χ3v) is 2.57. The van der Waals surface area contributed by atoms with E-state index in [9.17, 15) is 0 Å². The Morgan fingerprint density at radius 2 is 2.23 bits per heavy atom. The molecule has 0 saturated heterocycles. The van der Waals surface area contributed by atoms with Crippen molar-refractivity contribution in [1.82, 2.24) is 0 Å². The van der Waals surface area contributed by atoms with Crippen LogP contribution in [0.5, 0.6) is 5.75 Å². The van der Waals surface area contributed by atoms with Gasteiger partial charge in [0, 0.05) is 4.47 Å². The van der Waals surface area contributed by atoms with Crippen molar-refractivity contribution in [2.45, 2.75) is 12.8 Å². The molecule has 0 aliphatic heterocycles. The summed E-state index contributed by atoms with van der Waals surface area (Å²) in [6.07, 6.45) is 0. The van der Waals surface area contributed by atoms with E-state index in [-0.39, 0.29) is 0 Å². The maximum absolute atomic E-state index is 5.61. The number of ether oxygens (including phenoxy) is 1. The van der Waals surface area contributed by atoms with Gasteiger partial charge in [-0.05, 0) is 36.2 Å². The minimum absolute atomic E-state index is 0.326. The fourth-order valence-electron chi connectivity index (χ4n) is 1.22. The highest BCUT2D eigenvalue weighted by Crippen LogP contribution is 2.28. The van der Waals surface area contributed by atoms with Crippen LogP contribution < -0.4 is 10.5 Å². The molecule has 1 aromatic rings. The van der Waals surface area contributed by atoms with Crippen LogP contribution in [-0.2, 0) is 0 Å². The molecule has 1 unspecified atom stereocenters. The highest BCUT2D eigenvalue weighted by Gasteiger charge is 2.09. The van der Waals surface area contributed by atoms with Crippen LogP contribution in [-0.4, -0.2) is 13.7 Å². The average Bonchev–Trinajstić information content (AvgIpc) is 2.16. The SMILES string of the molecule is COc1ccc(Br)cc1C(C)CN. The van der Waals surface area contributed by atoms with Crippen LogP contribution in [0.1, 0.15) is 18.4 Å². The zero-order valence-electron chi connectivity index (χ0n) is 7.88. The van der Waals surface area contributed by atoms with Crippen LogP contribution in [0.25, 0.3) is 0 Å². The summed E-state index contributed by atoms with van der Waals surface area (Å²) in [7, 11) is 1.68. The largest absolute Gasteiger partial charge is 0.496 e. The van der Waals surface area contributed by atoms with Crippen molar-refractivity contribution in [2.24, 2.45) is 5.73 Å². The van der Waals surface area contributed by atoms with Gasteiger partial charge in [-0.1, -0.05) is 22.9 Å². The lowest BCUT2D eigenvalue weighted by atomic mass is 10.0. The molecule has 0 aromatic heterocycles. The quantitative estimate of drug-likeness (QED) is 0.886. The van der Waals surface area contributed by atoms with Gasteiger partial charge in [0.2, 0.25) is 0 Å². The van der Waals surface area contributed by atoms with Crippen molar-refractivity contribution in [3.05, 3.63) is 28.2 Å². The molecule has 0 bridgehead atoms. The molecule has 3 heteroatoms. The topological polar surface area (TPSA) is 35.2 Å². The van der Waals surface area contributed by atoms with Gasteiger partial charge in [-0.15, -0.1) is 0 Å². The number of hydrogen-bond acceptors (Lipinski definition) is 2. The molecule has 0 aliphatic carbocycles. The van der Waals surface area contributed by atoms with Crippen LogP contribution in [0.15, 0.2) is 22.7 Å². The van der Waals surface area contributed by atoms with Crippen LogP contribution >= 0.6 is 15.9 Å². The summed E-state index contributed by atoms with van der Waals surface area (Å²) in [5.74, 6) is 1.23. The van der Waals surface area contributed by atoms with Crippen LogP contribution in [0.3, 0.4) is 0 Å². The molecule has 0 fully saturated rings. The Morgan fingerprint density at radius 3 is 2.77 bits per heavy atom. The third kappa shape index (κ3) is 2.45. The van der Waals surface area contributed by atoms with E-state index in [4.69, 9.17) is 10.5 Å². The van der Waals surface area contributed by atoms with Crippen LogP contribution in [0, 0.1) is 0 Å². The van der Waals surface area contributed by atoms with E-state index in [2.05, 4.69) is 28.9 Å². The first-order valence-electron chi connectivity index (χ1n) is 4.22. The van der Waals surface area contributed by atoms with Gasteiger partial charge in [0.25, 0.3) is 0 Å². The number of benzene rings is 1. The minimum atomic E-state index is 0.326. The normalized spacial score (nSPS) is 12.6. The summed E-state index contributed by atoms with van der Waals surface area (Å²) in [6.45, 7) is 2.72. The number of rotatable bonds is 3. The molecule has 0 amide bonds. The van der Waals surface area contributed by atoms with Crippen LogP contribution in [0.2, 0.25) is 0 Å². The molecule has 0 heterocycles. The Bertz CT molecular complexity index is 288. The predicted molar refractivity (Wildman–Crippen MR) is 58.2 cm³/mol. The lowest BCUT2D eigenvalue weighted by Crippen LogP contribution is -2.10. The van der Waals surface area contributed by atoms with E-state index in [1.807, 2.05) is 12.1 Å². The highest BCUT2D eigenvalue weighted by molar-refractivity contribution is 9.10. The van der Waals surface area contributed by atoms with E-state index in [1.54, 1.807) is 7.11 Å². The van der Waals surface area contributed by atoms with E-state index in [0.717, 1.165) is 15.8 Å². The highest BCUT2D eigenvalue weighted by atomic mass is 79.9. The summed E-state index contributed by atoms with van der Waals surface area (Å²) in [5, 5.41) is 0. The van der Waals surface area contributed by atoms with Gasteiger partial charge in [0.1, 0.15) is 5.75 Å². The van der Waals surface area contributed by atoms with Crippen molar-refractivity contribution in [2.75, 3.05) is 13.7 Å². The lowest BCUT2D eigenvalue weighted by molar-refractivity contribution is 0.406. The monoisotopic (exact) mass is 243 g/mol. The average molecular weight is 244 g/mol. The van der Waals surface area contributed by atoms with Crippen molar-refractivity contribution in [3.63, 3.8) is 0 Å². The van der Waals surface area contributed by atoms with Gasteiger partial charge in [-0.2, -0.15) is 0 Å². The molecule has 0 radical (unpaired) electrons. The van der Waals surface area contributed by atoms with E-state index < -0.39 is 0 Å². The van der Waals surface area contributed by atoms with Crippen molar-refractivity contribution < 1.29 is 4.74 Å². The molecule has 2 nitrogen and oxygen atoms in total. The van der Waals surface area contributed by atoms with Gasteiger partial charge in [0.15, 0.2) is 0 Å². The zero-order chi connectivity index (χ0) is 9.84. The third-order valence-electron chi connectivity index (χ3n) is 2.08. The molecule has 0 aliphatic rings. The van der Waals surface area contributed by atoms with Gasteiger partial charge in [0.05, 0.1) is 7.11 Å². The van der Waals surface area contributed by atoms with E-state index >= 15 is 0 Å². The molecule has 2 N–H and O–H groups in total. The smallest absolute Gasteiger partial charge is 0.122 e. The van der Waals surface area contributed by atoms with Crippen molar-refractivity contribution in [1.29, 1.82) is 0 Å². The van der Waals surface area contributed by atoms with Crippen molar-refractivity contribution >= 4 is 15.9 Å². The van der Waals surface area contributed by atoms with Gasteiger partial charge >= 0.3 is 0 Å². The second-order valence-corrected chi connectivity index (χ2v) is 3.94. The summed E-state index contributed by atoms with van der Waals surface area (Å²) < 4.78 is 6.31. The van der Waals surface area contributed by atoms with E-state index in [1.165, 1.54) is 0 Å². The number of hydrogen-bond donors (Lipinski definition) is 1. The maximum atomic E-state index is 5.61. The Balaban J connectivity index is 3.07. The molecular formula is C10H14BrNO. The lowest BCUT2D eigenvalue weighted by Gasteiger charge is -2.13. The Hall–Kier alpha value is -0.540. The summed E-state index contributed by atoms with van der Waals surface area (Å²) >= 11 is 3.43. The number of nitrogens with two attached hydrogens (primary N) is 1. The standard InChI is InChI=1S/C10H14BrNO/c1-7(6-12)9-5-8(11)3-4-10(9)13-2/h3-5,7H,6,12H2,1-2H3. The summed E-state index contributed by atoms with van der Waals surface area (Å²) in [5.41, 5.74) is 6.76. The maximum Gasteiger partial charge on any atom is 0.122 e. The predicted octanol–water partition coefficient (Wildman–Crippen LogP) is 2.52. The molecule has 0 spiro atoms. The molecule has 0 saturated carbocycles. The van der Waals surface area contributed by atoms with Gasteiger partial charge < -0.3 is 10.5 Å². The summed E-state index contributed by atoms with van der Waals surface area (Å²) in [6, 6.07) is 5.97. The first-order valence-corrected chi connectivity index (χ1v) is 5.01. The molecule has 1 aromatic carbocycles. The molecular weight excluding hydrogens is 230 g/mol. The zero-order valence-corrected chi connectivity index (χ0v) is 9.47. The first kappa shape index (κ1) is 10.5. The Labute approximate surface area is 87.2 Å². The number of halogens is 1. The molecule has 1 atom stereocenters. The molecule has 1 rings (SSSR count). The Morgan fingerprint density at radius 1 is 1.54 bits per heavy atom.